The second-order valence-corrected chi connectivity index (χ2v) is 12.0. The van der Waals surface area contributed by atoms with Crippen molar-refractivity contribution in [2.24, 2.45) is 21.4 Å². The number of oxime groups is 1. The number of nitrogens with zero attached hydrogens (tertiary/aromatic N) is 4. The van der Waals surface area contributed by atoms with Crippen LogP contribution in [0.3, 0.4) is 0 Å². The molecule has 0 saturated heterocycles. The van der Waals surface area contributed by atoms with Crippen LogP contribution >= 0.6 is 0 Å². The second kappa shape index (κ2) is 11.0. The number of rotatable bonds is 9. The molecule has 2 aliphatic rings. The van der Waals surface area contributed by atoms with Crippen molar-refractivity contribution in [3.63, 3.8) is 0 Å². The zero-order valence-corrected chi connectivity index (χ0v) is 24.2. The lowest BCUT2D eigenvalue weighted by atomic mass is 9.64. The van der Waals surface area contributed by atoms with Crippen LogP contribution in [0.4, 0.5) is 11.4 Å². The molecule has 0 aliphatic heterocycles. The first-order valence-corrected chi connectivity index (χ1v) is 14.0. The third-order valence-corrected chi connectivity index (χ3v) is 9.66. The lowest BCUT2D eigenvalue weighted by Gasteiger charge is -2.42. The van der Waals surface area contributed by atoms with E-state index in [2.05, 4.69) is 19.0 Å². The van der Waals surface area contributed by atoms with Crippen molar-refractivity contribution in [2.45, 2.75) is 53.1 Å². The van der Waals surface area contributed by atoms with Crippen LogP contribution in [0, 0.1) is 36.5 Å². The van der Waals surface area contributed by atoms with E-state index in [-0.39, 0.29) is 17.9 Å². The van der Waals surface area contributed by atoms with Gasteiger partial charge in [-0.1, -0.05) is 86.6 Å². The summed E-state index contributed by atoms with van der Waals surface area (Å²) in [5.74, 6) is -1.06. The fourth-order valence-corrected chi connectivity index (χ4v) is 6.68. The van der Waals surface area contributed by atoms with Gasteiger partial charge < -0.3 is 9.74 Å². The molecular formula is C32H32N4O7. The van der Waals surface area contributed by atoms with E-state index in [1.807, 2.05) is 72.5 Å². The van der Waals surface area contributed by atoms with Crippen LogP contribution in [0.5, 0.6) is 0 Å². The third kappa shape index (κ3) is 5.15. The molecule has 2 bridgehead atoms. The maximum atomic E-state index is 14.6. The lowest BCUT2D eigenvalue weighted by molar-refractivity contribution is -0.394. The van der Waals surface area contributed by atoms with E-state index in [0.29, 0.717) is 31.6 Å². The third-order valence-electron chi connectivity index (χ3n) is 9.66. The Morgan fingerprint density at radius 1 is 0.837 bits per heavy atom. The predicted molar refractivity (Wildman–Crippen MR) is 158 cm³/mol. The summed E-state index contributed by atoms with van der Waals surface area (Å²) in [6.45, 7) is 6.97. The first-order chi connectivity index (χ1) is 20.4. The minimum absolute atomic E-state index is 0.000216. The van der Waals surface area contributed by atoms with Crippen molar-refractivity contribution in [2.75, 3.05) is 0 Å². The van der Waals surface area contributed by atoms with Gasteiger partial charge in [-0.15, -0.1) is 0 Å². The Hall–Kier alpha value is -4.93. The summed E-state index contributed by atoms with van der Waals surface area (Å²) in [5, 5.41) is 26.8. The fraction of sp³-hybridized carbons (Fsp3) is 0.344. The van der Waals surface area contributed by atoms with Gasteiger partial charge in [-0.05, 0) is 29.4 Å². The molecule has 2 fully saturated rings. The molecule has 0 heterocycles. The van der Waals surface area contributed by atoms with E-state index in [1.54, 1.807) is 0 Å². The molecule has 2 unspecified atom stereocenters. The van der Waals surface area contributed by atoms with Gasteiger partial charge in [0.2, 0.25) is 5.91 Å². The summed E-state index contributed by atoms with van der Waals surface area (Å²) < 4.78 is 0. The molecule has 11 nitrogen and oxygen atoms in total. The largest absolute Gasteiger partial charge is 0.366 e. The molecule has 0 aromatic heterocycles. The summed E-state index contributed by atoms with van der Waals surface area (Å²) in [5.41, 5.74) is -0.930. The monoisotopic (exact) mass is 584 g/mol. The van der Waals surface area contributed by atoms with Crippen LogP contribution < -0.4 is 0 Å². The minimum atomic E-state index is -1.06. The quantitative estimate of drug-likeness (QED) is 0.159. The Morgan fingerprint density at radius 2 is 1.35 bits per heavy atom. The van der Waals surface area contributed by atoms with Crippen LogP contribution in [0.1, 0.15) is 61.5 Å². The van der Waals surface area contributed by atoms with Gasteiger partial charge in [0.1, 0.15) is 0 Å². The maximum absolute atomic E-state index is 14.6. The highest BCUT2D eigenvalue weighted by Gasteiger charge is 2.72. The van der Waals surface area contributed by atoms with Gasteiger partial charge in [-0.3, -0.25) is 25.0 Å². The van der Waals surface area contributed by atoms with Gasteiger partial charge in [-0.25, -0.2) is 4.79 Å². The summed E-state index contributed by atoms with van der Waals surface area (Å²) in [4.78, 5) is 55.6. The number of carbonyl (C=O) groups is 2. The highest BCUT2D eigenvalue weighted by atomic mass is 16.7. The number of fused-ring (bicyclic) bond motifs is 2. The molecule has 1 amide bonds. The molecule has 222 valence electrons. The standard InChI is InChI=1S/C32H32N4O7/c1-30(2)31(3)14-15-32(30,29(38)34(20-22-10-6-4-7-11-22)21-23-12-8-5-9-13-23)19-27(31)33-43-28(37)24-16-25(35(39)40)18-26(17-24)36(41)42/h4-13,16-18H,14-15,19-21H2,1-3H3. The Bertz CT molecular complexity index is 1550. The predicted octanol–water partition coefficient (Wildman–Crippen LogP) is 6.46. The van der Waals surface area contributed by atoms with Crippen molar-refractivity contribution in [3.8, 4) is 0 Å². The summed E-state index contributed by atoms with van der Waals surface area (Å²) in [6.07, 6.45) is 1.56. The molecular weight excluding hydrogens is 552 g/mol. The van der Waals surface area contributed by atoms with E-state index >= 15 is 0 Å². The van der Waals surface area contributed by atoms with Crippen molar-refractivity contribution >= 4 is 29.0 Å². The molecule has 0 radical (unpaired) electrons. The second-order valence-electron chi connectivity index (χ2n) is 12.0. The summed E-state index contributed by atoms with van der Waals surface area (Å²) in [7, 11) is 0. The van der Waals surface area contributed by atoms with Crippen molar-refractivity contribution in [1.82, 2.24) is 4.90 Å². The van der Waals surface area contributed by atoms with Gasteiger partial charge in [-0.2, -0.15) is 0 Å². The summed E-state index contributed by atoms with van der Waals surface area (Å²) in [6, 6.07) is 22.2. The lowest BCUT2D eigenvalue weighted by Crippen LogP contribution is -2.48. The average molecular weight is 585 g/mol. The topological polar surface area (TPSA) is 145 Å². The van der Waals surface area contributed by atoms with E-state index in [0.717, 1.165) is 29.3 Å². The van der Waals surface area contributed by atoms with E-state index in [1.165, 1.54) is 0 Å². The number of nitro benzene ring substituents is 2. The fourth-order valence-electron chi connectivity index (χ4n) is 6.68. The molecule has 11 heteroatoms. The number of amides is 1. The zero-order chi connectivity index (χ0) is 31.0. The number of carbonyl (C=O) groups excluding carboxylic acids is 2. The number of benzene rings is 3. The molecule has 0 N–H and O–H groups in total. The SMILES string of the molecule is CC12CCC(C(=O)N(Cc3ccccc3)Cc3ccccc3)(CC1=NOC(=O)c1cc([N+](=O)[O-])cc([N+](=O)[O-])c1)C2(C)C. The zero-order valence-electron chi connectivity index (χ0n) is 24.2. The van der Waals surface area contributed by atoms with Crippen molar-refractivity contribution in [1.29, 1.82) is 0 Å². The highest BCUT2D eigenvalue weighted by molar-refractivity contribution is 6.03. The number of hydrogen-bond donors (Lipinski definition) is 0. The smallest absolute Gasteiger partial charge is 0.334 e. The molecule has 3 aromatic carbocycles. The van der Waals surface area contributed by atoms with Gasteiger partial charge in [0, 0.05) is 37.1 Å². The van der Waals surface area contributed by atoms with Crippen molar-refractivity contribution in [3.05, 3.63) is 116 Å². The molecule has 2 saturated carbocycles. The van der Waals surface area contributed by atoms with Crippen LogP contribution in [-0.2, 0) is 22.7 Å². The first-order valence-electron chi connectivity index (χ1n) is 14.0. The molecule has 2 atom stereocenters. The molecule has 5 rings (SSSR count). The number of non-ortho nitro benzene ring substituents is 2. The maximum Gasteiger partial charge on any atom is 0.366 e. The molecule has 3 aromatic rings. The number of nitro groups is 2. The van der Waals surface area contributed by atoms with E-state index in [9.17, 15) is 29.8 Å². The molecule has 43 heavy (non-hydrogen) atoms. The Morgan fingerprint density at radius 3 is 1.84 bits per heavy atom. The van der Waals surface area contributed by atoms with Gasteiger partial charge in [0.05, 0.1) is 32.6 Å². The van der Waals surface area contributed by atoms with Gasteiger partial charge in [0.15, 0.2) is 0 Å². The average Bonchev–Trinajstić information content (AvgIpc) is 3.30. The van der Waals surface area contributed by atoms with Crippen LogP contribution in [-0.4, -0.2) is 32.3 Å². The Balaban J connectivity index is 1.45. The van der Waals surface area contributed by atoms with E-state index in [4.69, 9.17) is 4.84 Å². The first kappa shape index (κ1) is 29.6. The molecule has 0 spiro atoms. The normalized spacial score (nSPS) is 22.7. The van der Waals surface area contributed by atoms with E-state index < -0.39 is 43.4 Å². The van der Waals surface area contributed by atoms with Crippen LogP contribution in [0.25, 0.3) is 0 Å². The van der Waals surface area contributed by atoms with Crippen molar-refractivity contribution < 1.29 is 24.3 Å². The van der Waals surface area contributed by atoms with Gasteiger partial charge >= 0.3 is 5.97 Å². The van der Waals surface area contributed by atoms with Crippen LogP contribution in [0.15, 0.2) is 84.0 Å². The van der Waals surface area contributed by atoms with Crippen LogP contribution in [0.2, 0.25) is 0 Å². The molecule has 2 aliphatic carbocycles. The Labute approximate surface area is 248 Å². The van der Waals surface area contributed by atoms with Gasteiger partial charge in [0.25, 0.3) is 11.4 Å². The minimum Gasteiger partial charge on any atom is -0.334 e. The number of hydrogen-bond acceptors (Lipinski definition) is 8. The summed E-state index contributed by atoms with van der Waals surface area (Å²) >= 11 is 0. The highest BCUT2D eigenvalue weighted by Crippen LogP contribution is 2.71. The Kier molecular flexibility index (Phi) is 7.59.